The van der Waals surface area contributed by atoms with Crippen molar-refractivity contribution < 1.29 is 13.2 Å². The molecule has 2 N–H and O–H groups in total. The Labute approximate surface area is 113 Å². The van der Waals surface area contributed by atoms with Crippen LogP contribution in [0.3, 0.4) is 0 Å². The summed E-state index contributed by atoms with van der Waals surface area (Å²) >= 11 is 0. The molecule has 0 bridgehead atoms. The van der Waals surface area contributed by atoms with Gasteiger partial charge in [-0.2, -0.15) is 0 Å². The number of carbonyl (C=O) groups is 1. The minimum absolute atomic E-state index is 0.0534. The van der Waals surface area contributed by atoms with E-state index in [9.17, 15) is 13.2 Å². The third-order valence-electron chi connectivity index (χ3n) is 2.51. The zero-order valence-electron chi connectivity index (χ0n) is 11.1. The number of hydrogen-bond acceptors (Lipinski definition) is 5. The first-order valence-electron chi connectivity index (χ1n) is 6.17. The van der Waals surface area contributed by atoms with Crippen LogP contribution >= 0.6 is 0 Å². The molecule has 106 valence electrons. The van der Waals surface area contributed by atoms with Crippen LogP contribution in [0.15, 0.2) is 18.3 Å². The second-order valence-electron chi connectivity index (χ2n) is 3.95. The molecule has 0 atom stereocenters. The maximum Gasteiger partial charge on any atom is 0.269 e. The molecular formula is C12H19N3O3S. The number of sulfone groups is 1. The van der Waals surface area contributed by atoms with Gasteiger partial charge in [0.05, 0.1) is 5.75 Å². The zero-order chi connectivity index (χ0) is 14.3. The lowest BCUT2D eigenvalue weighted by Gasteiger charge is -2.07. The molecule has 0 aromatic carbocycles. The Bertz CT molecular complexity index is 529. The molecule has 0 fully saturated rings. The number of amides is 1. The van der Waals surface area contributed by atoms with Gasteiger partial charge in [-0.1, -0.05) is 6.92 Å². The van der Waals surface area contributed by atoms with Crippen LogP contribution in [-0.4, -0.2) is 43.9 Å². The summed E-state index contributed by atoms with van der Waals surface area (Å²) in [6.07, 6.45) is 1.54. The molecule has 0 saturated heterocycles. The van der Waals surface area contributed by atoms with Crippen LogP contribution in [0.1, 0.15) is 24.3 Å². The predicted molar refractivity (Wildman–Crippen MR) is 75.1 cm³/mol. The van der Waals surface area contributed by atoms with Crippen molar-refractivity contribution in [3.63, 3.8) is 0 Å². The third kappa shape index (κ3) is 5.25. The van der Waals surface area contributed by atoms with Crippen molar-refractivity contribution in [1.29, 1.82) is 0 Å². The van der Waals surface area contributed by atoms with Crippen molar-refractivity contribution in [1.82, 2.24) is 10.3 Å². The first-order chi connectivity index (χ1) is 8.98. The lowest BCUT2D eigenvalue weighted by molar-refractivity contribution is 0.0951. The maximum absolute atomic E-state index is 11.8. The van der Waals surface area contributed by atoms with Crippen LogP contribution in [0.4, 0.5) is 5.69 Å². The number of anilines is 1. The number of rotatable bonds is 7. The van der Waals surface area contributed by atoms with Gasteiger partial charge in [0, 0.05) is 30.7 Å². The highest BCUT2D eigenvalue weighted by Crippen LogP contribution is 2.07. The van der Waals surface area contributed by atoms with Crippen LogP contribution in [0.2, 0.25) is 0 Å². The van der Waals surface area contributed by atoms with Gasteiger partial charge in [0.2, 0.25) is 0 Å². The van der Waals surface area contributed by atoms with E-state index < -0.39 is 9.84 Å². The van der Waals surface area contributed by atoms with Gasteiger partial charge >= 0.3 is 0 Å². The normalized spacial score (nSPS) is 11.1. The molecule has 0 radical (unpaired) electrons. The molecule has 19 heavy (non-hydrogen) atoms. The Kier molecular flexibility index (Phi) is 5.75. The van der Waals surface area contributed by atoms with E-state index in [0.717, 1.165) is 12.2 Å². The number of carbonyl (C=O) groups excluding carboxylic acids is 1. The Morgan fingerprint density at radius 2 is 2.11 bits per heavy atom. The molecule has 1 heterocycles. The number of nitrogens with one attached hydrogen (secondary N) is 2. The van der Waals surface area contributed by atoms with Gasteiger partial charge in [0.1, 0.15) is 5.69 Å². The molecule has 0 aliphatic rings. The van der Waals surface area contributed by atoms with Crippen molar-refractivity contribution in [3.05, 3.63) is 24.0 Å². The number of aromatic nitrogens is 1. The van der Waals surface area contributed by atoms with Crippen molar-refractivity contribution >= 4 is 21.4 Å². The van der Waals surface area contributed by atoms with E-state index in [2.05, 4.69) is 15.6 Å². The summed E-state index contributed by atoms with van der Waals surface area (Å²) in [6, 6.07) is 3.40. The summed E-state index contributed by atoms with van der Waals surface area (Å²) < 4.78 is 22.6. The van der Waals surface area contributed by atoms with Crippen molar-refractivity contribution in [2.24, 2.45) is 0 Å². The molecular weight excluding hydrogens is 266 g/mol. The van der Waals surface area contributed by atoms with Gasteiger partial charge in [0.15, 0.2) is 9.84 Å². The fourth-order valence-electron chi connectivity index (χ4n) is 1.42. The average molecular weight is 285 g/mol. The summed E-state index contributed by atoms with van der Waals surface area (Å²) in [7, 11) is -3.06. The van der Waals surface area contributed by atoms with E-state index in [1.807, 2.05) is 6.92 Å². The zero-order valence-corrected chi connectivity index (χ0v) is 12.0. The molecule has 0 spiro atoms. The van der Waals surface area contributed by atoms with Gasteiger partial charge < -0.3 is 10.6 Å². The second kappa shape index (κ2) is 7.08. The van der Waals surface area contributed by atoms with Crippen molar-refractivity contribution in [2.75, 3.05) is 29.9 Å². The van der Waals surface area contributed by atoms with Crippen molar-refractivity contribution in [3.8, 4) is 0 Å². The predicted octanol–water partition coefficient (Wildman–Crippen LogP) is 0.678. The fourth-order valence-corrected chi connectivity index (χ4v) is 2.13. The molecule has 6 nitrogen and oxygen atoms in total. The molecule has 0 aliphatic carbocycles. The van der Waals surface area contributed by atoms with Crippen molar-refractivity contribution in [2.45, 2.75) is 13.8 Å². The van der Waals surface area contributed by atoms with E-state index in [4.69, 9.17) is 0 Å². The van der Waals surface area contributed by atoms with Gasteiger partial charge in [-0.15, -0.1) is 0 Å². The summed E-state index contributed by atoms with van der Waals surface area (Å²) in [6.45, 7) is 4.39. The Balaban J connectivity index is 2.56. The van der Waals surface area contributed by atoms with E-state index in [1.165, 1.54) is 6.20 Å². The molecule has 7 heteroatoms. The van der Waals surface area contributed by atoms with Crippen LogP contribution in [0.5, 0.6) is 0 Å². The molecule has 0 saturated carbocycles. The Morgan fingerprint density at radius 3 is 2.74 bits per heavy atom. The highest BCUT2D eigenvalue weighted by molar-refractivity contribution is 7.91. The fraction of sp³-hybridized carbons (Fsp3) is 0.500. The van der Waals surface area contributed by atoms with E-state index >= 15 is 0 Å². The number of pyridine rings is 1. The minimum atomic E-state index is -3.06. The third-order valence-corrected chi connectivity index (χ3v) is 4.22. The largest absolute Gasteiger partial charge is 0.385 e. The van der Waals surface area contributed by atoms with Crippen LogP contribution in [0.25, 0.3) is 0 Å². The quantitative estimate of drug-likeness (QED) is 0.769. The summed E-state index contributed by atoms with van der Waals surface area (Å²) in [5.41, 5.74) is 1.08. The second-order valence-corrected chi connectivity index (χ2v) is 6.43. The Morgan fingerprint density at radius 1 is 1.37 bits per heavy atom. The van der Waals surface area contributed by atoms with Gasteiger partial charge in [0.25, 0.3) is 5.91 Å². The van der Waals surface area contributed by atoms with E-state index in [-0.39, 0.29) is 29.7 Å². The smallest absolute Gasteiger partial charge is 0.269 e. The van der Waals surface area contributed by atoms with Crippen LogP contribution in [-0.2, 0) is 9.84 Å². The van der Waals surface area contributed by atoms with Crippen LogP contribution in [0, 0.1) is 0 Å². The SMILES string of the molecule is CCNc1ccnc(C(=O)NCCS(=O)(=O)CC)c1. The summed E-state index contributed by atoms with van der Waals surface area (Å²) in [4.78, 5) is 15.7. The molecule has 1 aromatic heterocycles. The average Bonchev–Trinajstić information content (AvgIpc) is 2.39. The first-order valence-corrected chi connectivity index (χ1v) is 7.99. The minimum Gasteiger partial charge on any atom is -0.385 e. The maximum atomic E-state index is 11.8. The lowest BCUT2D eigenvalue weighted by Crippen LogP contribution is -2.30. The lowest BCUT2D eigenvalue weighted by atomic mass is 10.3. The Hall–Kier alpha value is -1.63. The number of nitrogens with zero attached hydrogens (tertiary/aromatic N) is 1. The van der Waals surface area contributed by atoms with Gasteiger partial charge in [-0.3, -0.25) is 9.78 Å². The molecule has 0 aliphatic heterocycles. The standard InChI is InChI=1S/C12H19N3O3S/c1-3-13-10-5-6-14-11(9-10)12(16)15-7-8-19(17,18)4-2/h5-6,9H,3-4,7-8H2,1-2H3,(H,13,14)(H,15,16). The van der Waals surface area contributed by atoms with Gasteiger partial charge in [-0.25, -0.2) is 8.42 Å². The highest BCUT2D eigenvalue weighted by Gasteiger charge is 2.10. The molecule has 1 rings (SSSR count). The highest BCUT2D eigenvalue weighted by atomic mass is 32.2. The number of hydrogen-bond donors (Lipinski definition) is 2. The molecule has 0 unspecified atom stereocenters. The summed E-state index contributed by atoms with van der Waals surface area (Å²) in [5, 5.41) is 5.63. The monoisotopic (exact) mass is 285 g/mol. The van der Waals surface area contributed by atoms with E-state index in [1.54, 1.807) is 19.1 Å². The summed E-state index contributed by atoms with van der Waals surface area (Å²) in [5.74, 6) is -0.342. The van der Waals surface area contributed by atoms with E-state index in [0.29, 0.717) is 0 Å². The topological polar surface area (TPSA) is 88.2 Å². The molecule has 1 aromatic rings. The first kappa shape index (κ1) is 15.4. The van der Waals surface area contributed by atoms with Crippen LogP contribution < -0.4 is 10.6 Å². The van der Waals surface area contributed by atoms with Gasteiger partial charge in [-0.05, 0) is 19.1 Å². The molecule has 1 amide bonds.